The molecule has 6 nitrogen and oxygen atoms in total. The molecule has 2 rings (SSSR count). The van der Waals surface area contributed by atoms with E-state index in [9.17, 15) is 19.2 Å². The first kappa shape index (κ1) is 24.7. The third kappa shape index (κ3) is 11.0. The summed E-state index contributed by atoms with van der Waals surface area (Å²) < 4.78 is 9.66. The second-order valence-corrected chi connectivity index (χ2v) is 7.30. The Bertz CT molecular complexity index is 827. The Morgan fingerprint density at radius 2 is 0.969 bits per heavy atom. The molecule has 0 N–H and O–H groups in total. The van der Waals surface area contributed by atoms with Crippen molar-refractivity contribution in [3.05, 3.63) is 83.9 Å². The van der Waals surface area contributed by atoms with Gasteiger partial charge in [-0.1, -0.05) is 60.7 Å². The minimum absolute atomic E-state index is 0.189. The molecule has 0 aliphatic rings. The van der Waals surface area contributed by atoms with Crippen LogP contribution in [0.4, 0.5) is 0 Å². The molecule has 0 saturated heterocycles. The molecular formula is C26H28O6. The van der Waals surface area contributed by atoms with Gasteiger partial charge in [-0.15, -0.1) is 0 Å². The predicted octanol–water partition coefficient (Wildman–Crippen LogP) is 3.81. The molecule has 0 heterocycles. The van der Waals surface area contributed by atoms with Gasteiger partial charge in [-0.05, 0) is 36.8 Å². The zero-order valence-corrected chi connectivity index (χ0v) is 18.0. The molecular weight excluding hydrogens is 408 g/mol. The number of Topliss-reactive ketones (excluding diaryl/α,β-unsaturated/α-hetero) is 2. The van der Waals surface area contributed by atoms with Gasteiger partial charge < -0.3 is 9.47 Å². The number of hydrogen-bond acceptors (Lipinski definition) is 6. The van der Waals surface area contributed by atoms with Crippen molar-refractivity contribution in [1.29, 1.82) is 0 Å². The molecule has 168 valence electrons. The first-order valence-corrected chi connectivity index (χ1v) is 10.7. The summed E-state index contributed by atoms with van der Waals surface area (Å²) >= 11 is 0. The normalized spacial score (nSPS) is 10.6. The second-order valence-electron chi connectivity index (χ2n) is 7.30. The SMILES string of the molecule is O=C(CCCc1ccccc1)COC(=O)/C=C/C(=O)OCC(=O)CCCc1ccccc1. The topological polar surface area (TPSA) is 86.7 Å². The van der Waals surface area contributed by atoms with E-state index >= 15 is 0 Å². The number of aryl methyl sites for hydroxylation is 2. The Kier molecular flexibility index (Phi) is 11.2. The molecule has 2 aromatic carbocycles. The molecule has 0 saturated carbocycles. The van der Waals surface area contributed by atoms with E-state index in [4.69, 9.17) is 9.47 Å². The fraction of sp³-hybridized carbons (Fsp3) is 0.308. The molecule has 0 atom stereocenters. The van der Waals surface area contributed by atoms with Crippen LogP contribution in [0.2, 0.25) is 0 Å². The lowest BCUT2D eigenvalue weighted by atomic mass is 10.1. The molecule has 0 aliphatic carbocycles. The van der Waals surface area contributed by atoms with Crippen LogP contribution in [0, 0.1) is 0 Å². The maximum atomic E-state index is 11.8. The van der Waals surface area contributed by atoms with Crippen molar-refractivity contribution in [3.63, 3.8) is 0 Å². The van der Waals surface area contributed by atoms with Crippen LogP contribution in [0.15, 0.2) is 72.8 Å². The van der Waals surface area contributed by atoms with Gasteiger partial charge in [-0.3, -0.25) is 9.59 Å². The van der Waals surface area contributed by atoms with Crippen LogP contribution in [0.5, 0.6) is 0 Å². The average molecular weight is 437 g/mol. The lowest BCUT2D eigenvalue weighted by Crippen LogP contribution is -2.14. The highest BCUT2D eigenvalue weighted by atomic mass is 16.5. The standard InChI is InChI=1S/C26H28O6/c27-23(15-7-13-21-9-3-1-4-10-21)19-31-25(29)17-18-26(30)32-20-24(28)16-8-14-22-11-5-2-6-12-22/h1-6,9-12,17-18H,7-8,13-16,19-20H2/b18-17+. The van der Waals surface area contributed by atoms with Crippen molar-refractivity contribution in [3.8, 4) is 0 Å². The van der Waals surface area contributed by atoms with Crippen molar-refractivity contribution >= 4 is 23.5 Å². The molecule has 0 bridgehead atoms. The summed E-state index contributed by atoms with van der Waals surface area (Å²) in [5, 5.41) is 0. The van der Waals surface area contributed by atoms with E-state index < -0.39 is 11.9 Å². The predicted molar refractivity (Wildman–Crippen MR) is 120 cm³/mol. The molecule has 32 heavy (non-hydrogen) atoms. The molecule has 0 unspecified atom stereocenters. The second kappa shape index (κ2) is 14.5. The lowest BCUT2D eigenvalue weighted by molar-refractivity contribution is -0.144. The van der Waals surface area contributed by atoms with E-state index in [1.165, 1.54) is 0 Å². The first-order valence-electron chi connectivity index (χ1n) is 10.7. The van der Waals surface area contributed by atoms with Crippen LogP contribution in [0.1, 0.15) is 36.8 Å². The molecule has 0 fully saturated rings. The van der Waals surface area contributed by atoms with Crippen LogP contribution >= 0.6 is 0 Å². The Morgan fingerprint density at radius 3 is 1.34 bits per heavy atom. The summed E-state index contributed by atoms with van der Waals surface area (Å²) in [5.41, 5.74) is 2.29. The number of esters is 2. The first-order chi connectivity index (χ1) is 15.5. The van der Waals surface area contributed by atoms with Crippen LogP contribution in [0.25, 0.3) is 0 Å². The summed E-state index contributed by atoms with van der Waals surface area (Å²) in [6.07, 6.45) is 5.28. The van der Waals surface area contributed by atoms with Gasteiger partial charge in [0.15, 0.2) is 11.6 Å². The Hall–Kier alpha value is -3.54. The number of rotatable bonds is 14. The Balaban J connectivity index is 1.53. The molecule has 0 radical (unpaired) electrons. The van der Waals surface area contributed by atoms with Gasteiger partial charge in [0.25, 0.3) is 0 Å². The quantitative estimate of drug-likeness (QED) is 0.331. The maximum Gasteiger partial charge on any atom is 0.331 e. The number of hydrogen-bond donors (Lipinski definition) is 0. The van der Waals surface area contributed by atoms with E-state index in [-0.39, 0.29) is 24.8 Å². The minimum atomic E-state index is -0.812. The number of ketones is 2. The smallest absolute Gasteiger partial charge is 0.331 e. The average Bonchev–Trinajstić information content (AvgIpc) is 2.81. The highest BCUT2D eigenvalue weighted by Crippen LogP contribution is 2.06. The van der Waals surface area contributed by atoms with E-state index in [1.807, 2.05) is 60.7 Å². The van der Waals surface area contributed by atoms with Gasteiger partial charge in [-0.2, -0.15) is 0 Å². The van der Waals surface area contributed by atoms with Crippen LogP contribution in [-0.2, 0) is 41.5 Å². The molecule has 0 amide bonds. The van der Waals surface area contributed by atoms with Gasteiger partial charge in [0.1, 0.15) is 13.2 Å². The zero-order chi connectivity index (χ0) is 23.0. The van der Waals surface area contributed by atoms with Gasteiger partial charge in [0, 0.05) is 25.0 Å². The lowest BCUT2D eigenvalue weighted by Gasteiger charge is -2.03. The highest BCUT2D eigenvalue weighted by Gasteiger charge is 2.08. The zero-order valence-electron chi connectivity index (χ0n) is 18.0. The van der Waals surface area contributed by atoms with Crippen LogP contribution < -0.4 is 0 Å². The summed E-state index contributed by atoms with van der Waals surface area (Å²) in [7, 11) is 0. The molecule has 0 spiro atoms. The van der Waals surface area contributed by atoms with Gasteiger partial charge in [0.2, 0.25) is 0 Å². The Labute approximate surface area is 188 Å². The van der Waals surface area contributed by atoms with Crippen molar-refractivity contribution < 1.29 is 28.7 Å². The third-order valence-corrected chi connectivity index (χ3v) is 4.63. The van der Waals surface area contributed by atoms with E-state index in [2.05, 4.69) is 0 Å². The maximum absolute atomic E-state index is 11.8. The number of benzene rings is 2. The summed E-state index contributed by atoms with van der Waals surface area (Å²) in [4.78, 5) is 46.9. The molecule has 6 heteroatoms. The Morgan fingerprint density at radius 1 is 0.594 bits per heavy atom. The summed E-state index contributed by atoms with van der Waals surface area (Å²) in [5.74, 6) is -2.00. The number of carbonyl (C=O) groups is 4. The monoisotopic (exact) mass is 436 g/mol. The van der Waals surface area contributed by atoms with Crippen LogP contribution in [-0.4, -0.2) is 36.7 Å². The molecule has 2 aromatic rings. The van der Waals surface area contributed by atoms with E-state index in [1.54, 1.807) is 0 Å². The third-order valence-electron chi connectivity index (χ3n) is 4.63. The summed E-state index contributed by atoms with van der Waals surface area (Å²) in [6.45, 7) is -0.681. The van der Waals surface area contributed by atoms with Gasteiger partial charge in [-0.25, -0.2) is 9.59 Å². The van der Waals surface area contributed by atoms with Crippen LogP contribution in [0.3, 0.4) is 0 Å². The molecule has 0 aliphatic heterocycles. The summed E-state index contributed by atoms with van der Waals surface area (Å²) in [6, 6.07) is 19.6. The number of carbonyl (C=O) groups excluding carboxylic acids is 4. The van der Waals surface area contributed by atoms with E-state index in [0.717, 1.165) is 36.1 Å². The fourth-order valence-electron chi connectivity index (χ4n) is 2.95. The van der Waals surface area contributed by atoms with Crippen molar-refractivity contribution in [1.82, 2.24) is 0 Å². The number of ether oxygens (including phenoxy) is 2. The van der Waals surface area contributed by atoms with E-state index in [0.29, 0.717) is 25.7 Å². The minimum Gasteiger partial charge on any atom is -0.455 e. The highest BCUT2D eigenvalue weighted by molar-refractivity contribution is 5.93. The largest absolute Gasteiger partial charge is 0.455 e. The molecule has 0 aromatic heterocycles. The van der Waals surface area contributed by atoms with Crippen molar-refractivity contribution in [2.75, 3.05) is 13.2 Å². The fourth-order valence-corrected chi connectivity index (χ4v) is 2.95. The van der Waals surface area contributed by atoms with Crippen molar-refractivity contribution in [2.24, 2.45) is 0 Å². The van der Waals surface area contributed by atoms with Gasteiger partial charge in [0.05, 0.1) is 0 Å². The van der Waals surface area contributed by atoms with Gasteiger partial charge >= 0.3 is 11.9 Å². The van der Waals surface area contributed by atoms with Crippen molar-refractivity contribution in [2.45, 2.75) is 38.5 Å².